The second-order valence-corrected chi connectivity index (χ2v) is 6.60. The molecular weight excluding hydrogens is 320 g/mol. The molecule has 0 unspecified atom stereocenters. The highest BCUT2D eigenvalue weighted by Crippen LogP contribution is 2.24. The van der Waals surface area contributed by atoms with Crippen LogP contribution in [0, 0.1) is 0 Å². The summed E-state index contributed by atoms with van der Waals surface area (Å²) in [7, 11) is 1.83. The zero-order chi connectivity index (χ0) is 15.5. The maximum absolute atomic E-state index is 12.1. The van der Waals surface area contributed by atoms with Crippen molar-refractivity contribution in [2.24, 2.45) is 7.05 Å². The summed E-state index contributed by atoms with van der Waals surface area (Å²) in [6.07, 6.45) is 0.602. The number of hydrogen-bond donors (Lipinski definition) is 2. The molecule has 3 rings (SSSR count). The predicted molar refractivity (Wildman–Crippen MR) is 86.9 cm³/mol. The minimum atomic E-state index is -0.198. The van der Waals surface area contributed by atoms with Gasteiger partial charge in [-0.25, -0.2) is 0 Å². The van der Waals surface area contributed by atoms with Gasteiger partial charge in [0.2, 0.25) is 5.13 Å². The number of aromatic nitrogens is 4. The van der Waals surface area contributed by atoms with E-state index in [9.17, 15) is 4.79 Å². The number of aryl methyl sites for hydroxylation is 1. The van der Waals surface area contributed by atoms with Gasteiger partial charge in [-0.05, 0) is 17.5 Å². The smallest absolute Gasteiger partial charge is 0.271 e. The molecule has 114 valence electrons. The van der Waals surface area contributed by atoms with Crippen LogP contribution in [0.4, 0.5) is 5.13 Å². The number of amides is 1. The number of hydrogen-bond acceptors (Lipinski definition) is 7. The van der Waals surface area contributed by atoms with E-state index in [1.165, 1.54) is 11.3 Å². The molecule has 0 saturated heterocycles. The molecule has 0 atom stereocenters. The molecule has 0 bridgehead atoms. The quantitative estimate of drug-likeness (QED) is 0.737. The van der Waals surface area contributed by atoms with Crippen molar-refractivity contribution in [3.63, 3.8) is 0 Å². The Morgan fingerprint density at radius 2 is 2.32 bits per heavy atom. The minimum absolute atomic E-state index is 0.198. The maximum Gasteiger partial charge on any atom is 0.271 e. The minimum Gasteiger partial charge on any atom is -0.374 e. The van der Waals surface area contributed by atoms with Crippen LogP contribution < -0.4 is 11.1 Å². The van der Waals surface area contributed by atoms with Crippen molar-refractivity contribution < 1.29 is 4.79 Å². The number of carbonyl (C=O) groups is 1. The van der Waals surface area contributed by atoms with Gasteiger partial charge in [0, 0.05) is 20.0 Å². The summed E-state index contributed by atoms with van der Waals surface area (Å²) in [4.78, 5) is 13.2. The van der Waals surface area contributed by atoms with Crippen molar-refractivity contribution in [1.82, 2.24) is 25.3 Å². The number of nitrogens with zero attached hydrogens (tertiary/aromatic N) is 4. The van der Waals surface area contributed by atoms with Crippen molar-refractivity contribution in [3.8, 4) is 10.6 Å². The molecule has 0 fully saturated rings. The Morgan fingerprint density at radius 1 is 1.45 bits per heavy atom. The number of nitrogens with two attached hydrogens (primary N) is 1. The second-order valence-electron chi connectivity index (χ2n) is 4.56. The van der Waals surface area contributed by atoms with Crippen LogP contribution in [0.25, 0.3) is 10.6 Å². The van der Waals surface area contributed by atoms with Crippen LogP contribution in [0.2, 0.25) is 0 Å². The molecule has 3 aromatic heterocycles. The normalized spacial score (nSPS) is 10.8. The van der Waals surface area contributed by atoms with Crippen LogP contribution in [0.1, 0.15) is 15.5 Å². The highest BCUT2D eigenvalue weighted by atomic mass is 32.1. The molecule has 0 spiro atoms. The number of nitrogen functional groups attached to an aromatic ring is 1. The van der Waals surface area contributed by atoms with E-state index in [2.05, 4.69) is 20.6 Å². The monoisotopic (exact) mass is 334 g/mol. The SMILES string of the molecule is Cn1nc(C(=O)NCCc2nnc(N)s2)cc1-c1cccs1. The third-order valence-electron chi connectivity index (χ3n) is 2.99. The van der Waals surface area contributed by atoms with E-state index in [0.717, 1.165) is 15.6 Å². The van der Waals surface area contributed by atoms with E-state index in [1.807, 2.05) is 24.6 Å². The Bertz CT molecular complexity index is 776. The summed E-state index contributed by atoms with van der Waals surface area (Å²) in [6.45, 7) is 0.471. The van der Waals surface area contributed by atoms with Gasteiger partial charge in [0.25, 0.3) is 5.91 Å². The molecule has 3 heterocycles. The molecule has 3 N–H and O–H groups in total. The van der Waals surface area contributed by atoms with E-state index in [1.54, 1.807) is 22.1 Å². The van der Waals surface area contributed by atoms with Gasteiger partial charge < -0.3 is 11.1 Å². The molecular formula is C13H14N6OS2. The Kier molecular flexibility index (Phi) is 4.16. The summed E-state index contributed by atoms with van der Waals surface area (Å²) in [6, 6.07) is 5.77. The largest absolute Gasteiger partial charge is 0.374 e. The number of thiophene rings is 1. The van der Waals surface area contributed by atoms with E-state index in [-0.39, 0.29) is 5.91 Å². The average molecular weight is 334 g/mol. The van der Waals surface area contributed by atoms with Gasteiger partial charge in [0.15, 0.2) is 5.69 Å². The van der Waals surface area contributed by atoms with Crippen LogP contribution in [-0.4, -0.2) is 32.4 Å². The lowest BCUT2D eigenvalue weighted by Crippen LogP contribution is -2.26. The number of nitrogens with one attached hydrogen (secondary N) is 1. The molecule has 0 saturated carbocycles. The predicted octanol–water partition coefficient (Wildman–Crippen LogP) is 1.55. The van der Waals surface area contributed by atoms with Crippen molar-refractivity contribution in [2.45, 2.75) is 6.42 Å². The zero-order valence-electron chi connectivity index (χ0n) is 11.8. The molecule has 0 aliphatic carbocycles. The maximum atomic E-state index is 12.1. The van der Waals surface area contributed by atoms with E-state index >= 15 is 0 Å². The topological polar surface area (TPSA) is 98.7 Å². The lowest BCUT2D eigenvalue weighted by Gasteiger charge is -2.00. The van der Waals surface area contributed by atoms with Gasteiger partial charge in [-0.2, -0.15) is 5.10 Å². The molecule has 1 amide bonds. The van der Waals surface area contributed by atoms with Crippen LogP contribution >= 0.6 is 22.7 Å². The number of carbonyl (C=O) groups excluding carboxylic acids is 1. The fourth-order valence-electron chi connectivity index (χ4n) is 1.97. The van der Waals surface area contributed by atoms with Crippen molar-refractivity contribution in [1.29, 1.82) is 0 Å². The summed E-state index contributed by atoms with van der Waals surface area (Å²) in [5, 5.41) is 18.0. The Balaban J connectivity index is 1.62. The van der Waals surface area contributed by atoms with E-state index in [4.69, 9.17) is 5.73 Å². The Hall–Kier alpha value is -2.26. The van der Waals surface area contributed by atoms with Gasteiger partial charge in [0.1, 0.15) is 5.01 Å². The number of anilines is 1. The fraction of sp³-hybridized carbons (Fsp3) is 0.231. The Morgan fingerprint density at radius 3 is 3.00 bits per heavy atom. The van der Waals surface area contributed by atoms with Crippen LogP contribution in [0.3, 0.4) is 0 Å². The molecule has 22 heavy (non-hydrogen) atoms. The van der Waals surface area contributed by atoms with Gasteiger partial charge in [-0.15, -0.1) is 21.5 Å². The third kappa shape index (κ3) is 3.15. The van der Waals surface area contributed by atoms with Crippen LogP contribution in [0.5, 0.6) is 0 Å². The van der Waals surface area contributed by atoms with Crippen LogP contribution in [-0.2, 0) is 13.5 Å². The standard InChI is InChI=1S/C13H14N6OS2/c1-19-9(10-3-2-6-21-10)7-8(18-19)12(20)15-5-4-11-16-17-13(14)22-11/h2-3,6-7H,4-5H2,1H3,(H2,14,17)(H,15,20). The first-order valence-electron chi connectivity index (χ1n) is 6.57. The zero-order valence-corrected chi connectivity index (χ0v) is 13.4. The fourth-order valence-corrected chi connectivity index (χ4v) is 3.36. The second kappa shape index (κ2) is 6.24. The van der Waals surface area contributed by atoms with Gasteiger partial charge in [0.05, 0.1) is 10.6 Å². The van der Waals surface area contributed by atoms with E-state index < -0.39 is 0 Å². The lowest BCUT2D eigenvalue weighted by atomic mass is 10.3. The van der Waals surface area contributed by atoms with E-state index in [0.29, 0.717) is 23.8 Å². The summed E-state index contributed by atoms with van der Waals surface area (Å²) < 4.78 is 1.71. The lowest BCUT2D eigenvalue weighted by molar-refractivity contribution is 0.0948. The molecule has 3 aromatic rings. The van der Waals surface area contributed by atoms with Gasteiger partial charge in [-0.3, -0.25) is 9.48 Å². The highest BCUT2D eigenvalue weighted by molar-refractivity contribution is 7.15. The van der Waals surface area contributed by atoms with Crippen molar-refractivity contribution in [2.75, 3.05) is 12.3 Å². The third-order valence-corrected chi connectivity index (χ3v) is 4.70. The molecule has 0 aliphatic heterocycles. The first kappa shape index (κ1) is 14.7. The molecule has 0 aromatic carbocycles. The van der Waals surface area contributed by atoms with Gasteiger partial charge in [-0.1, -0.05) is 17.4 Å². The molecule has 0 radical (unpaired) electrons. The first-order chi connectivity index (χ1) is 10.6. The molecule has 0 aliphatic rings. The summed E-state index contributed by atoms with van der Waals surface area (Å²) in [5.41, 5.74) is 6.85. The first-order valence-corrected chi connectivity index (χ1v) is 8.27. The van der Waals surface area contributed by atoms with Crippen molar-refractivity contribution in [3.05, 3.63) is 34.3 Å². The van der Waals surface area contributed by atoms with Crippen LogP contribution in [0.15, 0.2) is 23.6 Å². The highest BCUT2D eigenvalue weighted by Gasteiger charge is 2.14. The number of rotatable bonds is 5. The molecule has 9 heteroatoms. The van der Waals surface area contributed by atoms with Gasteiger partial charge >= 0.3 is 0 Å². The molecule has 7 nitrogen and oxygen atoms in total. The summed E-state index contributed by atoms with van der Waals surface area (Å²) >= 11 is 2.94. The van der Waals surface area contributed by atoms with Crippen molar-refractivity contribution >= 4 is 33.7 Å². The average Bonchev–Trinajstić information content (AvgIpc) is 3.19. The Labute approximate surface area is 134 Å². The summed E-state index contributed by atoms with van der Waals surface area (Å²) in [5.74, 6) is -0.198.